The van der Waals surface area contributed by atoms with E-state index in [1.165, 1.54) is 14.0 Å². The first-order valence-corrected chi connectivity index (χ1v) is 21.5. The average molecular weight is 908 g/mol. The topological polar surface area (TPSA) is 284 Å². The zero-order valence-corrected chi connectivity index (χ0v) is 38.9. The van der Waals surface area contributed by atoms with E-state index in [9.17, 15) is 39.6 Å². The number of likely N-dealkylation sites (N-methyl/N-ethyl adjacent to an activating group) is 1. The molecule has 1 saturated carbocycles. The molecule has 4 aliphatic rings. The maximum Gasteiger partial charge on any atom is 0.410 e. The highest BCUT2D eigenvalue weighted by atomic mass is 16.7. The lowest BCUT2D eigenvalue weighted by atomic mass is 9.83. The van der Waals surface area contributed by atoms with E-state index in [1.807, 2.05) is 13.8 Å². The molecule has 8 N–H and O–H groups in total. The Hall–Kier alpha value is -3.32. The van der Waals surface area contributed by atoms with Crippen LogP contribution in [0.4, 0.5) is 19.2 Å². The van der Waals surface area contributed by atoms with Crippen molar-refractivity contribution in [1.82, 2.24) is 26.2 Å². The Bertz CT molecular complexity index is 1560. The molecule has 3 saturated heterocycles. The third-order valence-corrected chi connectivity index (χ3v) is 10.4. The second-order valence-electron chi connectivity index (χ2n) is 20.4. The fourth-order valence-corrected chi connectivity index (χ4v) is 7.93. The average Bonchev–Trinajstić information content (AvgIpc) is 3.45. The summed E-state index contributed by atoms with van der Waals surface area (Å²) in [6.45, 7) is 20.8. The summed E-state index contributed by atoms with van der Waals surface area (Å²) in [4.78, 5) is 52.8. The molecule has 22 heteroatoms. The fourth-order valence-electron chi connectivity index (χ4n) is 7.93. The molecule has 1 aliphatic carbocycles. The number of aliphatic hydroxyl groups excluding tert-OH is 2. The van der Waals surface area contributed by atoms with Crippen LogP contribution in [-0.4, -0.2) is 185 Å². The number of nitrogens with one attached hydrogen (secondary N) is 4. The van der Waals surface area contributed by atoms with Crippen molar-refractivity contribution in [2.24, 2.45) is 0 Å². The van der Waals surface area contributed by atoms with Gasteiger partial charge in [0.15, 0.2) is 18.4 Å². The quantitative estimate of drug-likeness (QED) is 0.130. The van der Waals surface area contributed by atoms with Gasteiger partial charge in [-0.3, -0.25) is 0 Å². The molecule has 4 amide bonds. The fraction of sp³-hybridized carbons (Fsp3) is 0.902. The van der Waals surface area contributed by atoms with E-state index in [1.54, 1.807) is 62.3 Å². The van der Waals surface area contributed by atoms with Crippen LogP contribution >= 0.6 is 0 Å². The predicted molar refractivity (Wildman–Crippen MR) is 221 cm³/mol. The number of nitrogens with zero attached hydrogens (tertiary/aromatic N) is 1. The van der Waals surface area contributed by atoms with Gasteiger partial charge in [-0.1, -0.05) is 0 Å². The first kappa shape index (κ1) is 52.3. The van der Waals surface area contributed by atoms with Gasteiger partial charge in [0.25, 0.3) is 0 Å². The minimum atomic E-state index is -1.82. The maximum atomic E-state index is 13.3. The van der Waals surface area contributed by atoms with Crippen molar-refractivity contribution in [2.75, 3.05) is 33.4 Å². The SMILES string of the molecule is CN(C(=O)OC(C)(C)C)[C@@H]1[C@@H](O)[C@@H](O[C@@H]2[C@@H](O)[C@H](O[C@H]3O[C@H](CNC[C@@H]4COC(C)(C)O4)CC[C@H]3NC(=O)OC(C)(C)C)[C@@H](NC(=O)OC(C)(C)C)C[C@H]2NC(=O)O)OC[C@]1(C)O. The third-order valence-electron chi connectivity index (χ3n) is 10.4. The van der Waals surface area contributed by atoms with Gasteiger partial charge in [0.05, 0.1) is 49.6 Å². The Kier molecular flexibility index (Phi) is 17.0. The highest BCUT2D eigenvalue weighted by Gasteiger charge is 2.55. The molecule has 3 heterocycles. The van der Waals surface area contributed by atoms with Crippen LogP contribution in [0.2, 0.25) is 0 Å². The summed E-state index contributed by atoms with van der Waals surface area (Å²) < 4.78 is 53.2. The van der Waals surface area contributed by atoms with Crippen molar-refractivity contribution in [3.63, 3.8) is 0 Å². The van der Waals surface area contributed by atoms with Crippen molar-refractivity contribution in [3.05, 3.63) is 0 Å². The summed E-state index contributed by atoms with van der Waals surface area (Å²) in [6.07, 6.45) is -13.7. The molecule has 22 nitrogen and oxygen atoms in total. The van der Waals surface area contributed by atoms with Gasteiger partial charge in [0.2, 0.25) is 0 Å². The molecule has 0 unspecified atom stereocenters. The second-order valence-corrected chi connectivity index (χ2v) is 20.4. The Balaban J connectivity index is 1.66. The number of carbonyl (C=O) groups excluding carboxylic acids is 3. The minimum Gasteiger partial charge on any atom is -0.465 e. The van der Waals surface area contributed by atoms with Crippen molar-refractivity contribution in [1.29, 1.82) is 0 Å². The number of hydrogen-bond acceptors (Lipinski definition) is 17. The zero-order valence-electron chi connectivity index (χ0n) is 38.9. The Morgan fingerprint density at radius 3 is 1.78 bits per heavy atom. The highest BCUT2D eigenvalue weighted by molar-refractivity contribution is 5.69. The maximum absolute atomic E-state index is 13.3. The third kappa shape index (κ3) is 15.7. The number of rotatable bonds is 12. The standard InChI is InChI=1S/C41H73N5O17/c1-37(2,3)61-34(51)44-23-15-14-21(17-42-18-22-19-56-40(10,11)60-22)57-31(23)58-29-25(45-35(52)62-38(4,5)6)16-24(43-33(49)50)28(26(29)47)59-32-27(48)30(41(12,54)20-55-32)46(13)36(53)63-39(7,8)9/h21-32,42-43,47-48,54H,14-20H2,1-13H3,(H,44,51)(H,45,52)(H,49,50)/t21-,22+,23+,24+,25-,26+,27+,28-,29+,30+,31+,32+,41-/m0/s1. The van der Waals surface area contributed by atoms with Crippen LogP contribution in [0.3, 0.4) is 0 Å². The second kappa shape index (κ2) is 20.5. The number of carbonyl (C=O) groups is 4. The van der Waals surface area contributed by atoms with Crippen LogP contribution in [0.15, 0.2) is 0 Å². The summed E-state index contributed by atoms with van der Waals surface area (Å²) in [5.41, 5.74) is -4.53. The van der Waals surface area contributed by atoms with Crippen molar-refractivity contribution in [2.45, 2.75) is 204 Å². The van der Waals surface area contributed by atoms with Crippen LogP contribution in [0, 0.1) is 0 Å². The van der Waals surface area contributed by atoms with Gasteiger partial charge in [0.1, 0.15) is 46.8 Å². The van der Waals surface area contributed by atoms with E-state index in [2.05, 4.69) is 21.3 Å². The largest absolute Gasteiger partial charge is 0.465 e. The number of aliphatic hydroxyl groups is 3. The van der Waals surface area contributed by atoms with E-state index in [0.29, 0.717) is 32.5 Å². The Labute approximate surface area is 369 Å². The molecular formula is C41H73N5O17. The monoisotopic (exact) mass is 908 g/mol. The number of amides is 4. The van der Waals surface area contributed by atoms with Gasteiger partial charge >= 0.3 is 24.4 Å². The predicted octanol–water partition coefficient (Wildman–Crippen LogP) is 1.89. The molecule has 0 aromatic heterocycles. The minimum absolute atomic E-state index is 0.204. The molecule has 0 aromatic rings. The summed E-state index contributed by atoms with van der Waals surface area (Å²) in [6, 6.07) is -4.68. The normalized spacial score (nSPS) is 34.9. The molecular weight excluding hydrogens is 834 g/mol. The van der Waals surface area contributed by atoms with Crippen molar-refractivity contribution in [3.8, 4) is 0 Å². The molecule has 364 valence electrons. The molecule has 63 heavy (non-hydrogen) atoms. The molecule has 4 fully saturated rings. The Morgan fingerprint density at radius 2 is 1.25 bits per heavy atom. The molecule has 4 rings (SSSR count). The number of alkyl carbamates (subject to hydrolysis) is 2. The number of hydrogen-bond donors (Lipinski definition) is 8. The van der Waals surface area contributed by atoms with Crippen LogP contribution in [0.5, 0.6) is 0 Å². The lowest BCUT2D eigenvalue weighted by molar-refractivity contribution is -0.314. The molecule has 0 aromatic carbocycles. The summed E-state index contributed by atoms with van der Waals surface area (Å²) in [7, 11) is 1.33. The molecule has 13 atom stereocenters. The van der Waals surface area contributed by atoms with Crippen LogP contribution in [0.25, 0.3) is 0 Å². The van der Waals surface area contributed by atoms with Crippen LogP contribution < -0.4 is 21.3 Å². The molecule has 3 aliphatic heterocycles. The summed E-state index contributed by atoms with van der Waals surface area (Å²) in [5, 5.41) is 56.5. The summed E-state index contributed by atoms with van der Waals surface area (Å²) in [5.74, 6) is -0.711. The van der Waals surface area contributed by atoms with E-state index in [-0.39, 0.29) is 12.5 Å². The first-order chi connectivity index (χ1) is 28.8. The van der Waals surface area contributed by atoms with E-state index in [4.69, 9.17) is 42.6 Å². The highest BCUT2D eigenvalue weighted by Crippen LogP contribution is 2.35. The van der Waals surface area contributed by atoms with Gasteiger partial charge in [-0.05, 0) is 102 Å². The van der Waals surface area contributed by atoms with Crippen LogP contribution in [-0.2, 0) is 42.6 Å². The van der Waals surface area contributed by atoms with E-state index >= 15 is 0 Å². The van der Waals surface area contributed by atoms with E-state index in [0.717, 1.165) is 4.90 Å². The lowest BCUT2D eigenvalue weighted by Gasteiger charge is -2.50. The van der Waals surface area contributed by atoms with E-state index < -0.39 is 126 Å². The van der Waals surface area contributed by atoms with Gasteiger partial charge < -0.3 is 89.2 Å². The lowest BCUT2D eigenvalue weighted by Crippen LogP contribution is -2.70. The zero-order chi connectivity index (χ0) is 47.5. The smallest absolute Gasteiger partial charge is 0.410 e. The van der Waals surface area contributed by atoms with Crippen molar-refractivity contribution >= 4 is 24.4 Å². The Morgan fingerprint density at radius 1 is 0.730 bits per heavy atom. The number of ether oxygens (including phenoxy) is 9. The number of carboxylic acid groups (broad SMARTS) is 1. The van der Waals surface area contributed by atoms with Gasteiger partial charge in [-0.25, -0.2) is 19.2 Å². The molecule has 0 spiro atoms. The van der Waals surface area contributed by atoms with Gasteiger partial charge in [0, 0.05) is 20.1 Å². The molecule has 0 bridgehead atoms. The summed E-state index contributed by atoms with van der Waals surface area (Å²) >= 11 is 0. The first-order valence-electron chi connectivity index (χ1n) is 21.5. The molecule has 0 radical (unpaired) electrons. The van der Waals surface area contributed by atoms with Gasteiger partial charge in [-0.2, -0.15) is 0 Å². The van der Waals surface area contributed by atoms with Crippen LogP contribution in [0.1, 0.15) is 102 Å². The van der Waals surface area contributed by atoms with Gasteiger partial charge in [-0.15, -0.1) is 0 Å². The van der Waals surface area contributed by atoms with Crippen molar-refractivity contribution < 1.29 is 82.2 Å².